The number of aromatic nitrogens is 2. The Morgan fingerprint density at radius 2 is 1.88 bits per heavy atom. The van der Waals surface area contributed by atoms with Crippen LogP contribution in [0.2, 0.25) is 0 Å². The van der Waals surface area contributed by atoms with Crippen molar-refractivity contribution in [3.05, 3.63) is 41.5 Å². The summed E-state index contributed by atoms with van der Waals surface area (Å²) in [7, 11) is 1.71. The first kappa shape index (κ1) is 11.5. The lowest BCUT2D eigenvalue weighted by atomic mass is 10.3. The average molecular weight is 241 g/mol. The number of hydrogen-bond acceptors (Lipinski definition) is 2. The molecule has 0 radical (unpaired) electrons. The van der Waals surface area contributed by atoms with E-state index >= 15 is 0 Å². The highest BCUT2D eigenvalue weighted by molar-refractivity contribution is 5.55. The number of anilines is 2. The average Bonchev–Trinajstić information content (AvgIpc) is 2.58. The molecule has 0 atom stereocenters. The fraction of sp³-hybridized carbons (Fsp3) is 0.182. The van der Waals surface area contributed by atoms with Gasteiger partial charge in [0.1, 0.15) is 0 Å². The van der Waals surface area contributed by atoms with E-state index < -0.39 is 17.5 Å². The predicted molar refractivity (Wildman–Crippen MR) is 57.5 cm³/mol. The van der Waals surface area contributed by atoms with Gasteiger partial charge in [0.05, 0.1) is 11.4 Å². The zero-order valence-electron chi connectivity index (χ0n) is 9.26. The molecule has 0 amide bonds. The molecule has 1 heterocycles. The summed E-state index contributed by atoms with van der Waals surface area (Å²) in [5.41, 5.74) is 0.579. The van der Waals surface area contributed by atoms with Crippen molar-refractivity contribution in [2.45, 2.75) is 6.92 Å². The van der Waals surface area contributed by atoms with Crippen molar-refractivity contribution in [2.75, 3.05) is 5.32 Å². The van der Waals surface area contributed by atoms with Crippen LogP contribution in [0.5, 0.6) is 0 Å². The van der Waals surface area contributed by atoms with Crippen LogP contribution in [0, 0.1) is 24.4 Å². The minimum absolute atomic E-state index is 0.155. The third-order valence-corrected chi connectivity index (χ3v) is 2.28. The van der Waals surface area contributed by atoms with Crippen LogP contribution in [0.25, 0.3) is 0 Å². The molecule has 6 heteroatoms. The molecule has 1 N–H and O–H groups in total. The molecule has 2 aromatic rings. The molecule has 3 nitrogen and oxygen atoms in total. The number of benzene rings is 1. The van der Waals surface area contributed by atoms with E-state index in [4.69, 9.17) is 0 Å². The van der Waals surface area contributed by atoms with Crippen LogP contribution in [0.4, 0.5) is 24.8 Å². The number of hydrogen-bond donors (Lipinski definition) is 1. The van der Waals surface area contributed by atoms with Gasteiger partial charge < -0.3 is 9.88 Å². The molecular formula is C11H10F3N3. The number of aryl methyl sites for hydroxylation is 2. The molecule has 2 rings (SSSR count). The van der Waals surface area contributed by atoms with Crippen LogP contribution in [-0.4, -0.2) is 9.55 Å². The van der Waals surface area contributed by atoms with Crippen LogP contribution >= 0.6 is 0 Å². The maximum atomic E-state index is 13.4. The summed E-state index contributed by atoms with van der Waals surface area (Å²) >= 11 is 0. The summed E-state index contributed by atoms with van der Waals surface area (Å²) in [6.45, 7) is 1.77. The van der Waals surface area contributed by atoms with Crippen LogP contribution < -0.4 is 5.32 Å². The first-order valence-electron chi connectivity index (χ1n) is 4.89. The van der Waals surface area contributed by atoms with E-state index in [9.17, 15) is 13.2 Å². The van der Waals surface area contributed by atoms with E-state index in [-0.39, 0.29) is 5.69 Å². The van der Waals surface area contributed by atoms with Crippen molar-refractivity contribution in [3.8, 4) is 0 Å². The molecule has 0 aliphatic carbocycles. The summed E-state index contributed by atoms with van der Waals surface area (Å²) in [5, 5.41) is 2.60. The number of halogens is 3. The fourth-order valence-corrected chi connectivity index (χ4v) is 1.48. The molecule has 0 saturated heterocycles. The summed E-state index contributed by atoms with van der Waals surface area (Å²) in [6, 6.07) is 1.98. The van der Waals surface area contributed by atoms with Crippen molar-refractivity contribution in [2.24, 2.45) is 7.05 Å². The SMILES string of the molecule is Cc1cn(C)c(Nc2ccc(F)c(F)c2F)n1. The first-order chi connectivity index (χ1) is 7.99. The standard InChI is InChI=1S/C11H10F3N3/c1-6-5-17(2)11(15-6)16-8-4-3-7(12)9(13)10(8)14/h3-5H,1-2H3,(H,15,16). The Balaban J connectivity index is 2.37. The zero-order valence-corrected chi connectivity index (χ0v) is 9.26. The Hall–Kier alpha value is -1.98. The Kier molecular flexibility index (Phi) is 2.79. The lowest BCUT2D eigenvalue weighted by molar-refractivity contribution is 0.449. The summed E-state index contributed by atoms with van der Waals surface area (Å²) in [4.78, 5) is 4.07. The van der Waals surface area contributed by atoms with Crippen LogP contribution in [-0.2, 0) is 7.05 Å². The van der Waals surface area contributed by atoms with Gasteiger partial charge in [0.15, 0.2) is 17.5 Å². The van der Waals surface area contributed by atoms with Crippen LogP contribution in [0.3, 0.4) is 0 Å². The van der Waals surface area contributed by atoms with Gasteiger partial charge in [0.2, 0.25) is 5.95 Å². The van der Waals surface area contributed by atoms with Crippen LogP contribution in [0.1, 0.15) is 5.69 Å². The molecule has 0 saturated carbocycles. The normalized spacial score (nSPS) is 10.6. The number of imidazole rings is 1. The highest BCUT2D eigenvalue weighted by Gasteiger charge is 2.14. The van der Waals surface area contributed by atoms with Gasteiger partial charge in [0.25, 0.3) is 0 Å². The summed E-state index contributed by atoms with van der Waals surface area (Å²) in [5.74, 6) is -3.62. The summed E-state index contributed by atoms with van der Waals surface area (Å²) < 4.78 is 40.7. The molecule has 0 aliphatic heterocycles. The highest BCUT2D eigenvalue weighted by Crippen LogP contribution is 2.22. The van der Waals surface area contributed by atoms with Gasteiger partial charge in [-0.3, -0.25) is 0 Å². The van der Waals surface area contributed by atoms with Gasteiger partial charge in [-0.2, -0.15) is 0 Å². The first-order valence-corrected chi connectivity index (χ1v) is 4.89. The van der Waals surface area contributed by atoms with Crippen molar-refractivity contribution in [1.29, 1.82) is 0 Å². The third-order valence-electron chi connectivity index (χ3n) is 2.28. The van der Waals surface area contributed by atoms with E-state index in [2.05, 4.69) is 10.3 Å². The third kappa shape index (κ3) is 2.11. The molecule has 0 fully saturated rings. The van der Waals surface area contributed by atoms with E-state index in [0.29, 0.717) is 5.95 Å². The Bertz CT molecular complexity index is 563. The quantitative estimate of drug-likeness (QED) is 0.819. The number of nitrogens with one attached hydrogen (secondary N) is 1. The lowest BCUT2D eigenvalue weighted by Gasteiger charge is -2.07. The monoisotopic (exact) mass is 241 g/mol. The molecule has 0 unspecified atom stereocenters. The second kappa shape index (κ2) is 4.12. The topological polar surface area (TPSA) is 29.9 Å². The molecule has 17 heavy (non-hydrogen) atoms. The Morgan fingerprint density at radius 3 is 2.47 bits per heavy atom. The van der Waals surface area contributed by atoms with Crippen molar-refractivity contribution >= 4 is 11.6 Å². The minimum Gasteiger partial charge on any atom is -0.323 e. The van der Waals surface area contributed by atoms with Gasteiger partial charge in [-0.1, -0.05) is 0 Å². The second-order valence-corrected chi connectivity index (χ2v) is 3.66. The van der Waals surface area contributed by atoms with E-state index in [1.807, 2.05) is 0 Å². The second-order valence-electron chi connectivity index (χ2n) is 3.66. The largest absolute Gasteiger partial charge is 0.323 e. The lowest BCUT2D eigenvalue weighted by Crippen LogP contribution is -2.02. The summed E-state index contributed by atoms with van der Waals surface area (Å²) in [6.07, 6.45) is 1.72. The maximum absolute atomic E-state index is 13.4. The van der Waals surface area contributed by atoms with Crippen molar-refractivity contribution in [3.63, 3.8) is 0 Å². The van der Waals surface area contributed by atoms with Gasteiger partial charge in [-0.05, 0) is 19.1 Å². The predicted octanol–water partition coefficient (Wildman–Crippen LogP) is 2.89. The highest BCUT2D eigenvalue weighted by atomic mass is 19.2. The Labute approximate surface area is 95.9 Å². The molecule has 1 aromatic carbocycles. The molecule has 0 spiro atoms. The number of nitrogens with zero attached hydrogens (tertiary/aromatic N) is 2. The van der Waals surface area contributed by atoms with Gasteiger partial charge in [-0.15, -0.1) is 0 Å². The van der Waals surface area contributed by atoms with Gasteiger partial charge in [-0.25, -0.2) is 18.2 Å². The molecular weight excluding hydrogens is 231 g/mol. The van der Waals surface area contributed by atoms with E-state index in [1.165, 1.54) is 0 Å². The van der Waals surface area contributed by atoms with Crippen molar-refractivity contribution in [1.82, 2.24) is 9.55 Å². The fourth-order valence-electron chi connectivity index (χ4n) is 1.48. The maximum Gasteiger partial charge on any atom is 0.207 e. The number of rotatable bonds is 2. The van der Waals surface area contributed by atoms with E-state index in [0.717, 1.165) is 17.8 Å². The van der Waals surface area contributed by atoms with Gasteiger partial charge in [0, 0.05) is 13.2 Å². The van der Waals surface area contributed by atoms with E-state index in [1.54, 1.807) is 24.7 Å². The van der Waals surface area contributed by atoms with Crippen molar-refractivity contribution < 1.29 is 13.2 Å². The van der Waals surface area contributed by atoms with Gasteiger partial charge >= 0.3 is 0 Å². The molecule has 0 bridgehead atoms. The Morgan fingerprint density at radius 1 is 1.18 bits per heavy atom. The van der Waals surface area contributed by atoms with Crippen LogP contribution in [0.15, 0.2) is 18.3 Å². The molecule has 0 aliphatic rings. The zero-order chi connectivity index (χ0) is 12.6. The smallest absolute Gasteiger partial charge is 0.207 e. The molecule has 90 valence electrons. The molecule has 1 aromatic heterocycles. The minimum atomic E-state index is -1.50.